The van der Waals surface area contributed by atoms with Crippen LogP contribution in [0.2, 0.25) is 0 Å². The van der Waals surface area contributed by atoms with E-state index in [1.807, 2.05) is 6.92 Å². The van der Waals surface area contributed by atoms with Crippen LogP contribution < -0.4 is 15.2 Å². The minimum Gasteiger partial charge on any atom is -0.463 e. The molecule has 0 saturated heterocycles. The maximum absolute atomic E-state index is 12.9. The number of anilines is 1. The zero-order valence-electron chi connectivity index (χ0n) is 29.0. The molecule has 0 aromatic heterocycles. The zero-order valence-corrected chi connectivity index (χ0v) is 29.8. The van der Waals surface area contributed by atoms with E-state index in [0.29, 0.717) is 18.7 Å². The predicted molar refractivity (Wildman–Crippen MR) is 177 cm³/mol. The van der Waals surface area contributed by atoms with E-state index in [2.05, 4.69) is 5.32 Å². The number of hydrogen-bond donors (Lipinski definition) is 2. The van der Waals surface area contributed by atoms with Crippen LogP contribution in [0.25, 0.3) is 0 Å². The molecule has 0 bridgehead atoms. The summed E-state index contributed by atoms with van der Waals surface area (Å²) in [7, 11) is -4.45. The average molecular weight is 739 g/mol. The third kappa shape index (κ3) is 13.5. The Kier molecular flexibility index (Phi) is 16.3. The van der Waals surface area contributed by atoms with Crippen molar-refractivity contribution in [3.63, 3.8) is 0 Å². The fourth-order valence-corrected chi connectivity index (χ4v) is 4.58. The van der Waals surface area contributed by atoms with E-state index >= 15 is 0 Å². The summed E-state index contributed by atoms with van der Waals surface area (Å²) in [5, 5.41) is 8.50. The van der Waals surface area contributed by atoms with Gasteiger partial charge >= 0.3 is 35.8 Å². The molecule has 0 aliphatic rings. The van der Waals surface area contributed by atoms with Gasteiger partial charge in [-0.3, -0.25) is 0 Å². The van der Waals surface area contributed by atoms with Crippen molar-refractivity contribution in [2.24, 2.45) is 5.14 Å². The van der Waals surface area contributed by atoms with Gasteiger partial charge in [-0.2, -0.15) is 0 Å². The summed E-state index contributed by atoms with van der Waals surface area (Å²) < 4.78 is 60.4. The number of hydrogen-bond acceptors (Lipinski definition) is 16. The normalized spacial score (nSPS) is 13.3. The van der Waals surface area contributed by atoms with E-state index < -0.39 is 81.8 Å². The summed E-state index contributed by atoms with van der Waals surface area (Å²) in [6.45, 7) is 7.67. The lowest BCUT2D eigenvalue weighted by Crippen LogP contribution is -2.37. The number of rotatable bonds is 19. The number of nitrogens with two attached hydrogens (primary N) is 1. The molecule has 4 unspecified atom stereocenters. The molecule has 0 spiro atoms. The summed E-state index contributed by atoms with van der Waals surface area (Å²) in [6, 6.07) is 10.5. The van der Waals surface area contributed by atoms with Gasteiger partial charge in [-0.1, -0.05) is 31.5 Å². The van der Waals surface area contributed by atoms with Crippen molar-refractivity contribution in [2.75, 3.05) is 25.1 Å². The van der Waals surface area contributed by atoms with Crippen LogP contribution in [-0.4, -0.2) is 88.4 Å². The largest absolute Gasteiger partial charge is 0.463 e. The van der Waals surface area contributed by atoms with Gasteiger partial charge in [0.2, 0.25) is 10.0 Å². The Bertz CT molecular complexity index is 1660. The van der Waals surface area contributed by atoms with Crippen LogP contribution in [0.4, 0.5) is 5.69 Å². The second kappa shape index (κ2) is 19.8. The zero-order chi connectivity index (χ0) is 38.3. The molecule has 2 aromatic carbocycles. The first-order valence-corrected chi connectivity index (χ1v) is 17.3. The molecule has 18 heteroatoms. The molecule has 0 saturated carbocycles. The summed E-state index contributed by atoms with van der Waals surface area (Å²) in [5.74, 6) is -6.35. The Morgan fingerprint density at radius 1 is 0.745 bits per heavy atom. The van der Waals surface area contributed by atoms with Crippen molar-refractivity contribution >= 4 is 51.5 Å². The highest BCUT2D eigenvalue weighted by Crippen LogP contribution is 2.37. The fraction of sp³-hybridized carbons (Fsp3) is 0.455. The Morgan fingerprint density at radius 2 is 1.27 bits per heavy atom. The Balaban J connectivity index is 2.03. The number of para-hydroxylation sites is 1. The molecule has 3 N–H and O–H groups in total. The molecule has 2 rings (SSSR count). The summed E-state index contributed by atoms with van der Waals surface area (Å²) in [6.07, 6.45) is -4.38. The third-order valence-electron chi connectivity index (χ3n) is 6.53. The van der Waals surface area contributed by atoms with Crippen LogP contribution in [0.3, 0.4) is 0 Å². The standard InChI is InChI=1S/C33H42N2O15S/c1-7-9-15-35-25-16-23(17-26(51(34,42)43)28(25)50-24-13-11-10-12-14-24)33(41)45-18-27(36)46-20(4)30(38)48-22(6)32(40)49-21(5)31(39)47-19(3)29(37)44-8-2/h10-14,16-17,19-22,35H,7-9,15,18H2,1-6H3,(H2,34,42,43). The molecule has 280 valence electrons. The van der Waals surface area contributed by atoms with Crippen LogP contribution in [0.5, 0.6) is 11.5 Å². The van der Waals surface area contributed by atoms with Gasteiger partial charge in [0.15, 0.2) is 36.8 Å². The monoisotopic (exact) mass is 738 g/mol. The van der Waals surface area contributed by atoms with Crippen LogP contribution >= 0.6 is 0 Å². The first-order chi connectivity index (χ1) is 24.0. The van der Waals surface area contributed by atoms with Crippen molar-refractivity contribution < 1.29 is 70.3 Å². The van der Waals surface area contributed by atoms with Crippen LogP contribution in [-0.2, 0) is 62.4 Å². The number of unbranched alkanes of at least 4 members (excludes halogenated alkanes) is 1. The second-order valence-corrected chi connectivity index (χ2v) is 12.3. The lowest BCUT2D eigenvalue weighted by atomic mass is 10.1. The van der Waals surface area contributed by atoms with Gasteiger partial charge in [-0.25, -0.2) is 42.3 Å². The van der Waals surface area contributed by atoms with Crippen molar-refractivity contribution in [1.29, 1.82) is 0 Å². The molecule has 0 heterocycles. The molecule has 4 atom stereocenters. The van der Waals surface area contributed by atoms with E-state index in [1.54, 1.807) is 37.3 Å². The molecule has 17 nitrogen and oxygen atoms in total. The molecular formula is C33H42N2O15S. The lowest BCUT2D eigenvalue weighted by Gasteiger charge is -2.19. The minimum atomic E-state index is -4.45. The van der Waals surface area contributed by atoms with Crippen LogP contribution in [0.15, 0.2) is 47.4 Å². The lowest BCUT2D eigenvalue weighted by molar-refractivity contribution is -0.185. The smallest absolute Gasteiger partial charge is 0.347 e. The second-order valence-electron chi connectivity index (χ2n) is 10.8. The quantitative estimate of drug-likeness (QED) is 0.120. The van der Waals surface area contributed by atoms with E-state index in [9.17, 15) is 37.2 Å². The summed E-state index contributed by atoms with van der Waals surface area (Å²) in [4.78, 5) is 73.4. The average Bonchev–Trinajstić information content (AvgIpc) is 3.07. The predicted octanol–water partition coefficient (Wildman–Crippen LogP) is 2.79. The number of primary sulfonamides is 1. The fourth-order valence-electron chi connectivity index (χ4n) is 3.88. The molecular weight excluding hydrogens is 696 g/mol. The highest BCUT2D eigenvalue weighted by atomic mass is 32.2. The third-order valence-corrected chi connectivity index (χ3v) is 7.44. The maximum atomic E-state index is 12.9. The SMILES string of the molecule is CCCCNc1cc(C(=O)OCC(=O)OC(C)C(=O)OC(C)C(=O)OC(C)C(=O)OC(C)C(=O)OCC)cc(S(N)(=O)=O)c1Oc1ccccc1. The van der Waals surface area contributed by atoms with Gasteiger partial charge in [0.05, 0.1) is 17.9 Å². The summed E-state index contributed by atoms with van der Waals surface area (Å²) >= 11 is 0. The molecule has 51 heavy (non-hydrogen) atoms. The van der Waals surface area contributed by atoms with Gasteiger partial charge in [-0.05, 0) is 65.3 Å². The Hall–Kier alpha value is -5.23. The number of carbonyl (C=O) groups is 6. The van der Waals surface area contributed by atoms with Gasteiger partial charge < -0.3 is 38.5 Å². The van der Waals surface area contributed by atoms with E-state index in [4.69, 9.17) is 38.3 Å². The van der Waals surface area contributed by atoms with Gasteiger partial charge in [0.25, 0.3) is 0 Å². The van der Waals surface area contributed by atoms with Crippen LogP contribution in [0, 0.1) is 0 Å². The first-order valence-electron chi connectivity index (χ1n) is 15.8. The molecule has 0 aliphatic carbocycles. The Labute approximate surface area is 295 Å². The number of esters is 6. The Morgan fingerprint density at radius 3 is 1.78 bits per heavy atom. The van der Waals surface area contributed by atoms with Crippen molar-refractivity contribution in [3.05, 3.63) is 48.0 Å². The number of benzene rings is 2. The van der Waals surface area contributed by atoms with Crippen molar-refractivity contribution in [3.8, 4) is 11.5 Å². The van der Waals surface area contributed by atoms with E-state index in [0.717, 1.165) is 26.3 Å². The highest BCUT2D eigenvalue weighted by molar-refractivity contribution is 7.89. The number of carbonyl (C=O) groups excluding carboxylic acids is 6. The molecule has 0 radical (unpaired) electrons. The minimum absolute atomic E-state index is 0.0652. The maximum Gasteiger partial charge on any atom is 0.347 e. The molecule has 0 aliphatic heterocycles. The van der Waals surface area contributed by atoms with Gasteiger partial charge in [0, 0.05) is 6.54 Å². The number of sulfonamides is 1. The number of ether oxygens (including phenoxy) is 7. The summed E-state index contributed by atoms with van der Waals surface area (Å²) in [5.41, 5.74) is -0.172. The van der Waals surface area contributed by atoms with Crippen LogP contribution in [0.1, 0.15) is 64.7 Å². The molecule has 2 aromatic rings. The highest BCUT2D eigenvalue weighted by Gasteiger charge is 2.31. The number of nitrogens with one attached hydrogen (secondary N) is 1. The first kappa shape index (κ1) is 41.9. The van der Waals surface area contributed by atoms with Crippen molar-refractivity contribution in [1.82, 2.24) is 0 Å². The van der Waals surface area contributed by atoms with Crippen molar-refractivity contribution in [2.45, 2.75) is 83.7 Å². The molecule has 0 fully saturated rings. The van der Waals surface area contributed by atoms with Gasteiger partial charge in [-0.15, -0.1) is 0 Å². The van der Waals surface area contributed by atoms with E-state index in [-0.39, 0.29) is 23.6 Å². The van der Waals surface area contributed by atoms with Gasteiger partial charge in [0.1, 0.15) is 10.6 Å². The topological polar surface area (TPSA) is 239 Å². The van der Waals surface area contributed by atoms with E-state index in [1.165, 1.54) is 19.9 Å². The molecule has 0 amide bonds.